The number of alkyl halides is 5. The van der Waals surface area contributed by atoms with E-state index in [9.17, 15) is 36.6 Å². The summed E-state index contributed by atoms with van der Waals surface area (Å²) in [5, 5.41) is 10.1. The van der Waals surface area contributed by atoms with Gasteiger partial charge in [-0.25, -0.2) is 9.59 Å². The van der Waals surface area contributed by atoms with Crippen molar-refractivity contribution in [2.24, 2.45) is 0 Å². The van der Waals surface area contributed by atoms with Gasteiger partial charge in [-0.05, 0) is 50.1 Å². The number of esters is 1. The van der Waals surface area contributed by atoms with E-state index >= 15 is 0 Å². The van der Waals surface area contributed by atoms with E-state index in [1.165, 1.54) is 11.0 Å². The molecule has 3 rings (SSSR count). The molecule has 1 aliphatic heterocycles. The Hall–Kier alpha value is -3.47. The van der Waals surface area contributed by atoms with Gasteiger partial charge in [0.05, 0.1) is 29.9 Å². The third kappa shape index (κ3) is 7.31. The van der Waals surface area contributed by atoms with Gasteiger partial charge >= 0.3 is 24.2 Å². The predicted octanol–water partition coefficient (Wildman–Crippen LogP) is 5.73. The molecule has 2 aromatic carbocycles. The fourth-order valence-corrected chi connectivity index (χ4v) is 3.87. The van der Waals surface area contributed by atoms with Crippen molar-refractivity contribution in [1.82, 2.24) is 4.90 Å². The zero-order valence-corrected chi connectivity index (χ0v) is 20.8. The Morgan fingerprint density at radius 3 is 2.42 bits per heavy atom. The Balaban J connectivity index is 1.68. The average Bonchev–Trinajstić information content (AvgIpc) is 2.86. The third-order valence-electron chi connectivity index (χ3n) is 5.91. The lowest BCUT2D eigenvalue weighted by atomic mass is 9.99. The molecule has 0 unspecified atom stereocenters. The number of hydrogen-bond acceptors (Lipinski definition) is 5. The first-order valence-electron chi connectivity index (χ1n) is 11.9. The maximum atomic E-state index is 14.8. The first-order valence-corrected chi connectivity index (χ1v) is 11.9. The first-order chi connectivity index (χ1) is 17.8. The number of aliphatic hydroxyl groups is 1. The number of hydrogen-bond donors (Lipinski definition) is 1. The standard InChI is InChI=1S/C27H28F5NO5/c1-17(2)38-24(35)19-8-6-18(7-9-19)12-14-33-22(13-15-37-25(33)36)10-11-23(34)26(28,29)20-4-3-5-21(16-20)27(30,31)32/h3-11,16-17,22-23,34H,12-15H2,1-2H3/t22-,23+/m0/s1. The van der Waals surface area contributed by atoms with Gasteiger partial charge in [0.25, 0.3) is 0 Å². The molecule has 0 radical (unpaired) electrons. The van der Waals surface area contributed by atoms with Gasteiger partial charge in [-0.15, -0.1) is 0 Å². The summed E-state index contributed by atoms with van der Waals surface area (Å²) in [6, 6.07) is 8.55. The third-order valence-corrected chi connectivity index (χ3v) is 5.91. The highest BCUT2D eigenvalue weighted by molar-refractivity contribution is 5.89. The molecule has 1 N–H and O–H groups in total. The highest BCUT2D eigenvalue weighted by atomic mass is 19.4. The number of amides is 1. The fraction of sp³-hybridized carbons (Fsp3) is 0.407. The van der Waals surface area contributed by atoms with Gasteiger partial charge in [-0.1, -0.05) is 36.4 Å². The van der Waals surface area contributed by atoms with E-state index in [1.807, 2.05) is 0 Å². The number of halogens is 5. The molecule has 1 amide bonds. The summed E-state index contributed by atoms with van der Waals surface area (Å²) in [4.78, 5) is 25.7. The van der Waals surface area contributed by atoms with Crippen molar-refractivity contribution in [3.8, 4) is 0 Å². The number of carbonyl (C=O) groups is 2. The number of benzene rings is 2. The molecule has 206 valence electrons. The molecular formula is C27H28F5NO5. The van der Waals surface area contributed by atoms with E-state index < -0.39 is 47.4 Å². The van der Waals surface area contributed by atoms with Crippen LogP contribution < -0.4 is 0 Å². The van der Waals surface area contributed by atoms with Crippen molar-refractivity contribution in [2.45, 2.75) is 57.0 Å². The molecule has 38 heavy (non-hydrogen) atoms. The summed E-state index contributed by atoms with van der Waals surface area (Å²) >= 11 is 0. The number of nitrogens with zero attached hydrogens (tertiary/aromatic N) is 1. The molecule has 0 aromatic heterocycles. The van der Waals surface area contributed by atoms with E-state index in [1.54, 1.807) is 38.1 Å². The van der Waals surface area contributed by atoms with Crippen LogP contribution in [0, 0.1) is 0 Å². The molecule has 0 saturated carbocycles. The minimum absolute atomic E-state index is 0.0388. The summed E-state index contributed by atoms with van der Waals surface area (Å²) in [6.07, 6.45) is -5.52. The first kappa shape index (κ1) is 29.1. The lowest BCUT2D eigenvalue weighted by Crippen LogP contribution is -2.45. The lowest BCUT2D eigenvalue weighted by molar-refractivity contribution is -0.138. The van der Waals surface area contributed by atoms with E-state index in [-0.39, 0.29) is 25.7 Å². The highest BCUT2D eigenvalue weighted by Crippen LogP contribution is 2.37. The Morgan fingerprint density at radius 2 is 1.79 bits per heavy atom. The summed E-state index contributed by atoms with van der Waals surface area (Å²) < 4.78 is 78.5. The summed E-state index contributed by atoms with van der Waals surface area (Å²) in [7, 11) is 0. The van der Waals surface area contributed by atoms with Gasteiger partial charge in [0.2, 0.25) is 0 Å². The molecule has 1 saturated heterocycles. The zero-order valence-electron chi connectivity index (χ0n) is 20.8. The van der Waals surface area contributed by atoms with Crippen molar-refractivity contribution in [2.75, 3.05) is 13.2 Å². The second-order valence-corrected chi connectivity index (χ2v) is 9.10. The Kier molecular flexibility index (Phi) is 9.14. The molecule has 1 fully saturated rings. The smallest absolute Gasteiger partial charge is 0.416 e. The van der Waals surface area contributed by atoms with Crippen molar-refractivity contribution in [3.05, 3.63) is 82.9 Å². The van der Waals surface area contributed by atoms with Crippen LogP contribution in [0.2, 0.25) is 0 Å². The monoisotopic (exact) mass is 541 g/mol. The minimum Gasteiger partial charge on any atom is -0.459 e. The van der Waals surface area contributed by atoms with Gasteiger partial charge in [0, 0.05) is 18.5 Å². The van der Waals surface area contributed by atoms with Gasteiger partial charge in [0.15, 0.2) is 0 Å². The maximum Gasteiger partial charge on any atom is 0.416 e. The summed E-state index contributed by atoms with van der Waals surface area (Å²) in [6.45, 7) is 3.67. The van der Waals surface area contributed by atoms with E-state index in [0.29, 0.717) is 24.1 Å². The molecule has 11 heteroatoms. The molecule has 0 bridgehead atoms. The molecule has 2 aromatic rings. The molecular weight excluding hydrogens is 513 g/mol. The Labute approximate surface area is 216 Å². The van der Waals surface area contributed by atoms with Crippen molar-refractivity contribution >= 4 is 12.1 Å². The van der Waals surface area contributed by atoms with E-state index in [4.69, 9.17) is 9.47 Å². The number of aliphatic hydroxyl groups excluding tert-OH is 1. The molecule has 1 heterocycles. The van der Waals surface area contributed by atoms with Crippen molar-refractivity contribution < 1.29 is 46.1 Å². The fourth-order valence-electron chi connectivity index (χ4n) is 3.87. The predicted molar refractivity (Wildman–Crippen MR) is 128 cm³/mol. The second-order valence-electron chi connectivity index (χ2n) is 9.10. The molecule has 2 atom stereocenters. The average molecular weight is 542 g/mol. The van der Waals surface area contributed by atoms with Crippen LogP contribution in [0.4, 0.5) is 26.7 Å². The number of cyclic esters (lactones) is 1. The van der Waals surface area contributed by atoms with Gasteiger partial charge in [0.1, 0.15) is 6.10 Å². The van der Waals surface area contributed by atoms with Crippen LogP contribution in [0.25, 0.3) is 0 Å². The van der Waals surface area contributed by atoms with Crippen molar-refractivity contribution in [3.63, 3.8) is 0 Å². The van der Waals surface area contributed by atoms with Crippen LogP contribution in [0.1, 0.15) is 47.3 Å². The largest absolute Gasteiger partial charge is 0.459 e. The Bertz CT molecular complexity index is 1150. The van der Waals surface area contributed by atoms with Crippen LogP contribution in [0.5, 0.6) is 0 Å². The van der Waals surface area contributed by atoms with Gasteiger partial charge in [-0.3, -0.25) is 0 Å². The normalized spacial score (nSPS) is 17.6. The van der Waals surface area contributed by atoms with Crippen LogP contribution in [-0.4, -0.2) is 53.5 Å². The Morgan fingerprint density at radius 1 is 1.13 bits per heavy atom. The number of rotatable bonds is 9. The minimum atomic E-state index is -4.81. The van der Waals surface area contributed by atoms with Crippen LogP contribution in [0.15, 0.2) is 60.7 Å². The molecule has 0 aliphatic carbocycles. The van der Waals surface area contributed by atoms with Crippen molar-refractivity contribution in [1.29, 1.82) is 0 Å². The zero-order chi connectivity index (χ0) is 28.1. The molecule has 6 nitrogen and oxygen atoms in total. The lowest BCUT2D eigenvalue weighted by Gasteiger charge is -2.33. The molecule has 1 aliphatic rings. The number of carbonyl (C=O) groups excluding carboxylic acids is 2. The van der Waals surface area contributed by atoms with Gasteiger partial charge in [-0.2, -0.15) is 22.0 Å². The maximum absolute atomic E-state index is 14.8. The van der Waals surface area contributed by atoms with E-state index in [0.717, 1.165) is 23.8 Å². The molecule has 0 spiro atoms. The highest BCUT2D eigenvalue weighted by Gasteiger charge is 2.41. The quantitative estimate of drug-likeness (QED) is 0.249. The summed E-state index contributed by atoms with van der Waals surface area (Å²) in [5.41, 5.74) is -1.07. The van der Waals surface area contributed by atoms with E-state index in [2.05, 4.69) is 0 Å². The van der Waals surface area contributed by atoms with Crippen LogP contribution in [0.3, 0.4) is 0 Å². The summed E-state index contributed by atoms with van der Waals surface area (Å²) in [5.74, 6) is -4.46. The second kappa shape index (κ2) is 11.9. The topological polar surface area (TPSA) is 76.1 Å². The van der Waals surface area contributed by atoms with Crippen LogP contribution in [-0.2, 0) is 28.0 Å². The SMILES string of the molecule is CC(C)OC(=O)c1ccc(CCN2C(=O)OCC[C@@H]2C=C[C@@H](O)C(F)(F)c2cccc(C(F)(F)F)c2)cc1. The number of ether oxygens (including phenoxy) is 2. The van der Waals surface area contributed by atoms with Crippen LogP contribution >= 0.6 is 0 Å². The van der Waals surface area contributed by atoms with Gasteiger partial charge < -0.3 is 19.5 Å².